The minimum atomic E-state index is -3.56. The third-order valence-corrected chi connectivity index (χ3v) is 6.29. The van der Waals surface area contributed by atoms with Crippen molar-refractivity contribution in [1.29, 1.82) is 0 Å². The van der Waals surface area contributed by atoms with Crippen molar-refractivity contribution in [2.45, 2.75) is 37.1 Å². The molecular formula is C19H19FN2O2S. The molecule has 0 bridgehead atoms. The van der Waals surface area contributed by atoms with Gasteiger partial charge in [0.2, 0.25) is 10.0 Å². The second kappa shape index (κ2) is 5.97. The molecule has 0 spiro atoms. The molecule has 1 atom stereocenters. The van der Waals surface area contributed by atoms with Gasteiger partial charge in [-0.05, 0) is 67.6 Å². The molecule has 1 aromatic heterocycles. The Morgan fingerprint density at radius 1 is 1.20 bits per heavy atom. The third-order valence-electron chi connectivity index (χ3n) is 4.77. The van der Waals surface area contributed by atoms with Crippen LogP contribution in [0.15, 0.2) is 47.4 Å². The van der Waals surface area contributed by atoms with E-state index in [4.69, 9.17) is 0 Å². The zero-order valence-corrected chi connectivity index (χ0v) is 14.7. The van der Waals surface area contributed by atoms with Gasteiger partial charge in [0.15, 0.2) is 0 Å². The second-order valence-electron chi connectivity index (χ2n) is 6.65. The van der Waals surface area contributed by atoms with Crippen molar-refractivity contribution < 1.29 is 12.8 Å². The molecule has 0 radical (unpaired) electrons. The first-order valence-electron chi connectivity index (χ1n) is 8.30. The average molecular weight is 358 g/mol. The summed E-state index contributed by atoms with van der Waals surface area (Å²) in [6, 6.07) is 11.4. The van der Waals surface area contributed by atoms with Crippen LogP contribution in [0.2, 0.25) is 0 Å². The summed E-state index contributed by atoms with van der Waals surface area (Å²) >= 11 is 0. The molecule has 4 rings (SSSR count). The number of hydrogen-bond donors (Lipinski definition) is 2. The molecule has 6 heteroatoms. The van der Waals surface area contributed by atoms with E-state index in [2.05, 4.69) is 9.71 Å². The fraction of sp³-hybridized carbons (Fsp3) is 0.263. The second-order valence-corrected chi connectivity index (χ2v) is 8.36. The van der Waals surface area contributed by atoms with Gasteiger partial charge in [0.25, 0.3) is 0 Å². The summed E-state index contributed by atoms with van der Waals surface area (Å²) in [7, 11) is -3.56. The Hall–Kier alpha value is -2.18. The number of aromatic nitrogens is 1. The highest BCUT2D eigenvalue weighted by Crippen LogP contribution is 2.30. The Morgan fingerprint density at radius 2 is 2.04 bits per heavy atom. The van der Waals surface area contributed by atoms with Crippen molar-refractivity contribution in [2.24, 2.45) is 0 Å². The normalized spacial score (nSPS) is 17.6. The molecule has 0 saturated carbocycles. The van der Waals surface area contributed by atoms with Crippen LogP contribution in [0.5, 0.6) is 0 Å². The van der Waals surface area contributed by atoms with Gasteiger partial charge in [-0.25, -0.2) is 17.5 Å². The summed E-state index contributed by atoms with van der Waals surface area (Å²) in [6.45, 7) is 1.87. The lowest BCUT2D eigenvalue weighted by molar-refractivity contribution is 0.506. The Morgan fingerprint density at radius 3 is 2.84 bits per heavy atom. The number of halogens is 1. The van der Waals surface area contributed by atoms with Gasteiger partial charge in [-0.2, -0.15) is 0 Å². The molecule has 0 aliphatic heterocycles. The summed E-state index contributed by atoms with van der Waals surface area (Å²) in [5.41, 5.74) is 3.89. The smallest absolute Gasteiger partial charge is 0.240 e. The maximum Gasteiger partial charge on any atom is 0.240 e. The van der Waals surface area contributed by atoms with Crippen LogP contribution in [0, 0.1) is 12.7 Å². The highest BCUT2D eigenvalue weighted by molar-refractivity contribution is 7.89. The van der Waals surface area contributed by atoms with Crippen molar-refractivity contribution in [2.75, 3.05) is 0 Å². The van der Waals surface area contributed by atoms with Crippen molar-refractivity contribution >= 4 is 20.9 Å². The van der Waals surface area contributed by atoms with Crippen LogP contribution in [0.3, 0.4) is 0 Å². The fourth-order valence-corrected chi connectivity index (χ4v) is 4.93. The summed E-state index contributed by atoms with van der Waals surface area (Å²) in [6.07, 6.45) is 2.02. The van der Waals surface area contributed by atoms with E-state index >= 15 is 0 Å². The SMILES string of the molecule is Cc1cccc(S(=O)(=O)NC2CCc3[nH]c4ccc(F)cc4c3C2)c1. The molecule has 1 aliphatic carbocycles. The number of fused-ring (bicyclic) bond motifs is 3. The zero-order valence-electron chi connectivity index (χ0n) is 13.8. The largest absolute Gasteiger partial charge is 0.358 e. The first kappa shape index (κ1) is 16.3. The lowest BCUT2D eigenvalue weighted by atomic mass is 9.92. The lowest BCUT2D eigenvalue weighted by Crippen LogP contribution is -2.38. The third kappa shape index (κ3) is 3.07. The van der Waals surface area contributed by atoms with Crippen LogP contribution < -0.4 is 4.72 Å². The Labute approximate surface area is 146 Å². The zero-order chi connectivity index (χ0) is 17.6. The molecule has 25 heavy (non-hydrogen) atoms. The van der Waals surface area contributed by atoms with E-state index in [0.29, 0.717) is 12.8 Å². The molecule has 0 saturated heterocycles. The van der Waals surface area contributed by atoms with Crippen LogP contribution in [0.1, 0.15) is 23.2 Å². The van der Waals surface area contributed by atoms with Gasteiger partial charge in [-0.1, -0.05) is 12.1 Å². The quantitative estimate of drug-likeness (QED) is 0.753. The van der Waals surface area contributed by atoms with Crippen LogP contribution in [-0.4, -0.2) is 19.4 Å². The average Bonchev–Trinajstić information content (AvgIpc) is 2.92. The van der Waals surface area contributed by atoms with Gasteiger partial charge in [-0.15, -0.1) is 0 Å². The van der Waals surface area contributed by atoms with E-state index in [1.165, 1.54) is 12.1 Å². The molecule has 4 nitrogen and oxygen atoms in total. The number of aromatic amines is 1. The van der Waals surface area contributed by atoms with Crippen LogP contribution in [0.4, 0.5) is 4.39 Å². The predicted octanol–water partition coefficient (Wildman–Crippen LogP) is 3.45. The molecule has 2 N–H and O–H groups in total. The number of nitrogens with one attached hydrogen (secondary N) is 2. The highest BCUT2D eigenvalue weighted by Gasteiger charge is 2.26. The number of benzene rings is 2. The molecule has 1 heterocycles. The monoisotopic (exact) mass is 358 g/mol. The van der Waals surface area contributed by atoms with Gasteiger partial charge in [-0.3, -0.25) is 0 Å². The van der Waals surface area contributed by atoms with Gasteiger partial charge >= 0.3 is 0 Å². The molecular weight excluding hydrogens is 339 g/mol. The minimum absolute atomic E-state index is 0.194. The van der Waals surface area contributed by atoms with E-state index in [-0.39, 0.29) is 16.8 Å². The predicted molar refractivity (Wildman–Crippen MR) is 95.6 cm³/mol. The van der Waals surface area contributed by atoms with E-state index in [1.54, 1.807) is 24.3 Å². The summed E-state index contributed by atoms with van der Waals surface area (Å²) in [5, 5.41) is 0.842. The molecule has 1 unspecified atom stereocenters. The molecule has 0 fully saturated rings. The number of rotatable bonds is 3. The Kier molecular flexibility index (Phi) is 3.89. The lowest BCUT2D eigenvalue weighted by Gasteiger charge is -2.23. The number of hydrogen-bond acceptors (Lipinski definition) is 2. The van der Waals surface area contributed by atoms with Gasteiger partial charge in [0, 0.05) is 22.6 Å². The first-order valence-corrected chi connectivity index (χ1v) is 9.79. The maximum absolute atomic E-state index is 13.6. The molecule has 130 valence electrons. The van der Waals surface area contributed by atoms with Gasteiger partial charge < -0.3 is 4.98 Å². The molecule has 0 amide bonds. The van der Waals surface area contributed by atoms with Crippen LogP contribution >= 0.6 is 0 Å². The highest BCUT2D eigenvalue weighted by atomic mass is 32.2. The van der Waals surface area contributed by atoms with E-state index in [1.807, 2.05) is 13.0 Å². The summed E-state index contributed by atoms with van der Waals surface area (Å²) < 4.78 is 41.7. The van der Waals surface area contributed by atoms with Crippen molar-refractivity contribution in [3.63, 3.8) is 0 Å². The van der Waals surface area contributed by atoms with E-state index < -0.39 is 10.0 Å². The Balaban J connectivity index is 1.62. The molecule has 1 aliphatic rings. The number of aryl methyl sites for hydroxylation is 2. The number of H-pyrrole nitrogens is 1. The van der Waals surface area contributed by atoms with Gasteiger partial charge in [0.05, 0.1) is 4.90 Å². The summed E-state index contributed by atoms with van der Waals surface area (Å²) in [5.74, 6) is -0.281. The van der Waals surface area contributed by atoms with E-state index in [9.17, 15) is 12.8 Å². The van der Waals surface area contributed by atoms with Crippen molar-refractivity contribution in [3.8, 4) is 0 Å². The van der Waals surface area contributed by atoms with Gasteiger partial charge in [0.1, 0.15) is 5.82 Å². The fourth-order valence-electron chi connectivity index (χ4n) is 3.56. The molecule has 2 aromatic carbocycles. The van der Waals surface area contributed by atoms with Crippen molar-refractivity contribution in [3.05, 3.63) is 65.1 Å². The van der Waals surface area contributed by atoms with Crippen molar-refractivity contribution in [1.82, 2.24) is 9.71 Å². The Bertz CT molecular complexity index is 1060. The summed E-state index contributed by atoms with van der Waals surface area (Å²) in [4.78, 5) is 3.60. The first-order chi connectivity index (χ1) is 11.9. The van der Waals surface area contributed by atoms with Crippen LogP contribution in [-0.2, 0) is 22.9 Å². The molecule has 3 aromatic rings. The minimum Gasteiger partial charge on any atom is -0.358 e. The van der Waals surface area contributed by atoms with Crippen LogP contribution in [0.25, 0.3) is 10.9 Å². The van der Waals surface area contributed by atoms with E-state index in [0.717, 1.165) is 34.1 Å². The number of sulfonamides is 1. The topological polar surface area (TPSA) is 62.0 Å². The maximum atomic E-state index is 13.6. The standard InChI is InChI=1S/C19H19FN2O2S/c1-12-3-2-4-15(9-12)25(23,24)22-14-6-8-19-17(11-14)16-10-13(20)5-7-18(16)21-19/h2-5,7,9-10,14,21-22H,6,8,11H2,1H3.